The molecular weight excluding hydrogens is 448 g/mol. The number of esters is 2. The van der Waals surface area contributed by atoms with Gasteiger partial charge in [0, 0.05) is 17.6 Å². The van der Waals surface area contributed by atoms with Gasteiger partial charge in [0.25, 0.3) is 0 Å². The Bertz CT molecular complexity index is 912. The molecule has 2 aliphatic carbocycles. The van der Waals surface area contributed by atoms with Crippen LogP contribution in [-0.4, -0.2) is 24.1 Å². The van der Waals surface area contributed by atoms with E-state index < -0.39 is 0 Å². The van der Waals surface area contributed by atoms with Crippen LogP contribution < -0.4 is 0 Å². The SMILES string of the molecule is CC(C)=CCCC1=CCC(C(=O)OC(C)C)=CC1.CC(C)=CCCC1=CCC=C(C(=O)OC(C)C)C1. The number of allylic oxidation sites excluding steroid dienone is 10. The highest BCUT2D eigenvalue weighted by molar-refractivity contribution is 5.89. The minimum atomic E-state index is -0.162. The van der Waals surface area contributed by atoms with Gasteiger partial charge in [-0.3, -0.25) is 0 Å². The van der Waals surface area contributed by atoms with Crippen molar-refractivity contribution in [3.05, 3.63) is 69.9 Å². The van der Waals surface area contributed by atoms with Crippen LogP contribution in [0.15, 0.2) is 69.9 Å². The molecule has 0 fully saturated rings. The van der Waals surface area contributed by atoms with Crippen LogP contribution in [0.4, 0.5) is 0 Å². The first-order valence-electron chi connectivity index (χ1n) is 13.4. The molecule has 0 N–H and O–H groups in total. The van der Waals surface area contributed by atoms with E-state index in [-0.39, 0.29) is 24.1 Å². The zero-order chi connectivity index (χ0) is 27.1. The smallest absolute Gasteiger partial charge is 0.334 e. The Hall–Kier alpha value is -2.62. The number of hydrogen-bond donors (Lipinski definition) is 0. The van der Waals surface area contributed by atoms with Gasteiger partial charge in [-0.2, -0.15) is 0 Å². The first-order chi connectivity index (χ1) is 17.0. The fourth-order valence-corrected chi connectivity index (χ4v) is 3.82. The Morgan fingerprint density at radius 1 is 0.722 bits per heavy atom. The van der Waals surface area contributed by atoms with Gasteiger partial charge in [-0.05, 0) is 100 Å². The van der Waals surface area contributed by atoms with E-state index in [1.54, 1.807) is 0 Å². The fourth-order valence-electron chi connectivity index (χ4n) is 3.82. The van der Waals surface area contributed by atoms with E-state index in [4.69, 9.17) is 9.47 Å². The van der Waals surface area contributed by atoms with Crippen LogP contribution in [0, 0.1) is 0 Å². The summed E-state index contributed by atoms with van der Waals surface area (Å²) in [5.74, 6) is -0.317. The molecule has 0 heterocycles. The molecule has 0 aromatic carbocycles. The van der Waals surface area contributed by atoms with Crippen molar-refractivity contribution < 1.29 is 19.1 Å². The highest BCUT2D eigenvalue weighted by Crippen LogP contribution is 2.24. The fraction of sp³-hybridized carbons (Fsp3) is 0.562. The molecule has 2 rings (SSSR count). The van der Waals surface area contributed by atoms with Gasteiger partial charge in [0.15, 0.2) is 0 Å². The summed E-state index contributed by atoms with van der Waals surface area (Å²) in [6.07, 6.45) is 20.3. The maximum absolute atomic E-state index is 11.8. The molecule has 0 radical (unpaired) electrons. The van der Waals surface area contributed by atoms with Gasteiger partial charge < -0.3 is 9.47 Å². The largest absolute Gasteiger partial charge is 0.460 e. The molecule has 0 spiro atoms. The van der Waals surface area contributed by atoms with Crippen molar-refractivity contribution in [1.29, 1.82) is 0 Å². The van der Waals surface area contributed by atoms with Crippen LogP contribution in [0.25, 0.3) is 0 Å². The van der Waals surface area contributed by atoms with Gasteiger partial charge in [0.2, 0.25) is 0 Å². The molecule has 4 nitrogen and oxygen atoms in total. The second-order valence-electron chi connectivity index (χ2n) is 10.6. The maximum Gasteiger partial charge on any atom is 0.334 e. The zero-order valence-electron chi connectivity index (χ0n) is 23.9. The number of hydrogen-bond acceptors (Lipinski definition) is 4. The Kier molecular flexibility index (Phi) is 14.8. The number of ether oxygens (including phenoxy) is 2. The summed E-state index contributed by atoms with van der Waals surface area (Å²) in [6.45, 7) is 16.0. The predicted molar refractivity (Wildman–Crippen MR) is 151 cm³/mol. The van der Waals surface area contributed by atoms with Gasteiger partial charge in [-0.1, -0.05) is 58.7 Å². The minimum absolute atomic E-state index is 0.0403. The molecule has 0 aliphatic heterocycles. The molecule has 0 saturated carbocycles. The Morgan fingerprint density at radius 2 is 1.25 bits per heavy atom. The lowest BCUT2D eigenvalue weighted by Gasteiger charge is -2.15. The molecule has 200 valence electrons. The summed E-state index contributed by atoms with van der Waals surface area (Å²) in [4.78, 5) is 23.5. The first-order valence-corrected chi connectivity index (χ1v) is 13.4. The third kappa shape index (κ3) is 14.1. The van der Waals surface area contributed by atoms with Gasteiger partial charge in [0.05, 0.1) is 12.2 Å². The van der Waals surface area contributed by atoms with Crippen LogP contribution in [0.5, 0.6) is 0 Å². The monoisotopic (exact) mass is 496 g/mol. The quantitative estimate of drug-likeness (QED) is 0.224. The summed E-state index contributed by atoms with van der Waals surface area (Å²) in [6, 6.07) is 0. The Labute approximate surface area is 219 Å². The molecule has 2 aliphatic rings. The molecule has 0 amide bonds. The van der Waals surface area contributed by atoms with Crippen LogP contribution in [0.3, 0.4) is 0 Å². The molecule has 0 unspecified atom stereocenters. The Balaban J connectivity index is 0.000000360. The van der Waals surface area contributed by atoms with Crippen molar-refractivity contribution in [1.82, 2.24) is 0 Å². The van der Waals surface area contributed by atoms with E-state index in [0.717, 1.165) is 62.5 Å². The molecule has 0 bridgehead atoms. The third-order valence-corrected chi connectivity index (χ3v) is 5.66. The topological polar surface area (TPSA) is 52.6 Å². The number of rotatable bonds is 10. The van der Waals surface area contributed by atoms with Crippen LogP contribution in [0.1, 0.15) is 107 Å². The van der Waals surface area contributed by atoms with E-state index in [0.29, 0.717) is 0 Å². The van der Waals surface area contributed by atoms with Gasteiger partial charge in [-0.15, -0.1) is 0 Å². The lowest BCUT2D eigenvalue weighted by atomic mass is 9.94. The van der Waals surface area contributed by atoms with Crippen molar-refractivity contribution in [2.75, 3.05) is 0 Å². The van der Waals surface area contributed by atoms with E-state index in [9.17, 15) is 9.59 Å². The molecule has 0 aromatic rings. The summed E-state index contributed by atoms with van der Waals surface area (Å²) in [5, 5.41) is 0. The van der Waals surface area contributed by atoms with Crippen molar-refractivity contribution in [3.63, 3.8) is 0 Å². The standard InChI is InChI=1S/2C16H24O2/c1-12(2)7-5-8-14-9-6-10-15(11-14)16(17)18-13(3)4;1-12(2)6-5-7-14-8-10-15(11-9-14)16(17)18-13(3)4/h7,9-10,13H,5-6,8,11H2,1-4H3;6,8,11,13H,5,7,9-10H2,1-4H3. The second kappa shape index (κ2) is 16.9. The van der Waals surface area contributed by atoms with Crippen molar-refractivity contribution in [3.8, 4) is 0 Å². The number of carbonyl (C=O) groups excluding carboxylic acids is 2. The molecule has 36 heavy (non-hydrogen) atoms. The molecule has 4 heteroatoms. The molecule has 0 saturated heterocycles. The van der Waals surface area contributed by atoms with Crippen molar-refractivity contribution >= 4 is 11.9 Å². The zero-order valence-corrected chi connectivity index (χ0v) is 23.9. The highest BCUT2D eigenvalue weighted by atomic mass is 16.5. The average molecular weight is 497 g/mol. The van der Waals surface area contributed by atoms with E-state index in [1.807, 2.05) is 39.8 Å². The van der Waals surface area contributed by atoms with E-state index >= 15 is 0 Å². The average Bonchev–Trinajstić information content (AvgIpc) is 2.79. The highest BCUT2D eigenvalue weighted by Gasteiger charge is 2.17. The summed E-state index contributed by atoms with van der Waals surface area (Å²) >= 11 is 0. The first kappa shape index (κ1) is 31.4. The predicted octanol–water partition coefficient (Wildman–Crippen LogP) is 8.66. The minimum Gasteiger partial charge on any atom is -0.460 e. The lowest BCUT2D eigenvalue weighted by Crippen LogP contribution is -2.15. The van der Waals surface area contributed by atoms with E-state index in [1.165, 1.54) is 22.3 Å². The van der Waals surface area contributed by atoms with Crippen molar-refractivity contribution in [2.45, 2.75) is 119 Å². The molecular formula is C32H48O4. The summed E-state index contributed by atoms with van der Waals surface area (Å²) in [5.41, 5.74) is 7.11. The van der Waals surface area contributed by atoms with Gasteiger partial charge >= 0.3 is 11.9 Å². The molecule has 0 atom stereocenters. The van der Waals surface area contributed by atoms with Gasteiger partial charge in [0.1, 0.15) is 0 Å². The van der Waals surface area contributed by atoms with Crippen LogP contribution in [0.2, 0.25) is 0 Å². The Morgan fingerprint density at radius 3 is 1.72 bits per heavy atom. The van der Waals surface area contributed by atoms with Crippen LogP contribution in [-0.2, 0) is 19.1 Å². The number of carbonyl (C=O) groups is 2. The maximum atomic E-state index is 11.8. The summed E-state index contributed by atoms with van der Waals surface area (Å²) in [7, 11) is 0. The summed E-state index contributed by atoms with van der Waals surface area (Å²) < 4.78 is 10.4. The second-order valence-corrected chi connectivity index (χ2v) is 10.6. The van der Waals surface area contributed by atoms with Crippen LogP contribution >= 0.6 is 0 Å². The third-order valence-electron chi connectivity index (χ3n) is 5.66. The van der Waals surface area contributed by atoms with Gasteiger partial charge in [-0.25, -0.2) is 9.59 Å². The van der Waals surface area contributed by atoms with Crippen molar-refractivity contribution in [2.24, 2.45) is 0 Å². The van der Waals surface area contributed by atoms with E-state index in [2.05, 4.69) is 52.0 Å². The lowest BCUT2D eigenvalue weighted by molar-refractivity contribution is -0.143. The molecule has 0 aromatic heterocycles. The normalized spacial score (nSPS) is 14.9.